The summed E-state index contributed by atoms with van der Waals surface area (Å²) in [5.74, 6) is 1.06. The Bertz CT molecular complexity index is 552. The molecule has 0 bridgehead atoms. The lowest BCUT2D eigenvalue weighted by atomic mass is 10.1. The Morgan fingerprint density at radius 1 is 1.33 bits per heavy atom. The number of benzene rings is 1. The number of hydrogen-bond donors (Lipinski definition) is 1. The molecule has 132 valence electrons. The molecular weight excluding hydrogens is 306 g/mol. The summed E-state index contributed by atoms with van der Waals surface area (Å²) in [7, 11) is 1.69. The van der Waals surface area contributed by atoms with Gasteiger partial charge >= 0.3 is 0 Å². The number of carbonyl (C=O) groups excluding carboxylic acids is 1. The van der Waals surface area contributed by atoms with E-state index in [1.807, 2.05) is 17.0 Å². The van der Waals surface area contributed by atoms with E-state index in [2.05, 4.69) is 29.3 Å². The third-order valence-electron chi connectivity index (χ3n) is 4.97. The standard InChI is InChI=1S/C18H27N3O3/c1-14(15-4-3-5-16(12-15)23-2)20-7-9-21(10-8-20)18(22)17-13-24-11-6-19-17/h3-5,12,14,17,19H,6-11,13H2,1-2H3. The second-order valence-corrected chi connectivity index (χ2v) is 6.40. The predicted molar refractivity (Wildman–Crippen MR) is 92.2 cm³/mol. The summed E-state index contributed by atoms with van der Waals surface area (Å²) in [5, 5.41) is 3.24. The summed E-state index contributed by atoms with van der Waals surface area (Å²) in [4.78, 5) is 16.9. The Hall–Kier alpha value is -1.63. The van der Waals surface area contributed by atoms with Crippen LogP contribution in [0.3, 0.4) is 0 Å². The topological polar surface area (TPSA) is 54.0 Å². The van der Waals surface area contributed by atoms with Crippen LogP contribution < -0.4 is 10.1 Å². The zero-order valence-electron chi connectivity index (χ0n) is 14.5. The van der Waals surface area contributed by atoms with Gasteiger partial charge in [0.2, 0.25) is 5.91 Å². The van der Waals surface area contributed by atoms with Crippen molar-refractivity contribution >= 4 is 5.91 Å². The predicted octanol–water partition coefficient (Wildman–Crippen LogP) is 0.889. The molecule has 1 aromatic carbocycles. The molecule has 2 atom stereocenters. The SMILES string of the molecule is COc1cccc(C(C)N2CCN(C(=O)C3COCCN3)CC2)c1. The summed E-state index contributed by atoms with van der Waals surface area (Å²) in [5.41, 5.74) is 1.25. The Morgan fingerprint density at radius 2 is 2.12 bits per heavy atom. The van der Waals surface area contributed by atoms with E-state index in [1.54, 1.807) is 7.11 Å². The molecule has 0 aromatic heterocycles. The smallest absolute Gasteiger partial charge is 0.242 e. The quantitative estimate of drug-likeness (QED) is 0.887. The molecule has 2 heterocycles. The highest BCUT2D eigenvalue weighted by Crippen LogP contribution is 2.25. The molecule has 2 unspecified atom stereocenters. The second kappa shape index (κ2) is 7.96. The van der Waals surface area contributed by atoms with Gasteiger partial charge in [0, 0.05) is 38.8 Å². The summed E-state index contributed by atoms with van der Waals surface area (Å²) in [6, 6.07) is 8.35. The van der Waals surface area contributed by atoms with Crippen molar-refractivity contribution in [3.8, 4) is 5.75 Å². The highest BCUT2D eigenvalue weighted by molar-refractivity contribution is 5.82. The molecule has 0 spiro atoms. The molecule has 6 nitrogen and oxygen atoms in total. The van der Waals surface area contributed by atoms with Gasteiger partial charge in [-0.15, -0.1) is 0 Å². The Morgan fingerprint density at radius 3 is 2.79 bits per heavy atom. The van der Waals surface area contributed by atoms with Crippen molar-refractivity contribution in [3.05, 3.63) is 29.8 Å². The fourth-order valence-corrected chi connectivity index (χ4v) is 3.39. The molecule has 1 amide bonds. The molecule has 0 saturated carbocycles. The lowest BCUT2D eigenvalue weighted by Crippen LogP contribution is -2.57. The normalized spacial score (nSPS) is 23.8. The van der Waals surface area contributed by atoms with Gasteiger partial charge in [-0.25, -0.2) is 0 Å². The number of nitrogens with one attached hydrogen (secondary N) is 1. The summed E-state index contributed by atoms with van der Waals surface area (Å²) in [6.07, 6.45) is 0. The van der Waals surface area contributed by atoms with Gasteiger partial charge < -0.3 is 19.7 Å². The van der Waals surface area contributed by atoms with E-state index in [0.29, 0.717) is 19.3 Å². The number of ether oxygens (including phenoxy) is 2. The van der Waals surface area contributed by atoms with Gasteiger partial charge in [-0.1, -0.05) is 12.1 Å². The van der Waals surface area contributed by atoms with Gasteiger partial charge in [0.15, 0.2) is 0 Å². The lowest BCUT2D eigenvalue weighted by molar-refractivity contribution is -0.138. The first-order chi connectivity index (χ1) is 11.7. The first kappa shape index (κ1) is 17.2. The van der Waals surface area contributed by atoms with Crippen molar-refractivity contribution in [2.24, 2.45) is 0 Å². The molecule has 2 saturated heterocycles. The van der Waals surface area contributed by atoms with Gasteiger partial charge in [-0.05, 0) is 24.6 Å². The summed E-state index contributed by atoms with van der Waals surface area (Å²) < 4.78 is 10.7. The lowest BCUT2D eigenvalue weighted by Gasteiger charge is -2.39. The molecule has 3 rings (SSSR count). The Labute approximate surface area is 143 Å². The number of carbonyl (C=O) groups is 1. The highest BCUT2D eigenvalue weighted by atomic mass is 16.5. The fraction of sp³-hybridized carbons (Fsp3) is 0.611. The van der Waals surface area contributed by atoms with Gasteiger partial charge in [0.05, 0.1) is 20.3 Å². The van der Waals surface area contributed by atoms with Crippen LogP contribution in [0.2, 0.25) is 0 Å². The third kappa shape index (κ3) is 3.88. The van der Waals surface area contributed by atoms with E-state index in [9.17, 15) is 4.79 Å². The number of methoxy groups -OCH3 is 1. The molecular formula is C18H27N3O3. The van der Waals surface area contributed by atoms with Crippen molar-refractivity contribution in [1.29, 1.82) is 0 Å². The molecule has 2 fully saturated rings. The average Bonchev–Trinajstić information content (AvgIpc) is 2.67. The van der Waals surface area contributed by atoms with Crippen LogP contribution in [-0.4, -0.2) is 74.8 Å². The first-order valence-corrected chi connectivity index (χ1v) is 8.67. The van der Waals surface area contributed by atoms with Crippen LogP contribution in [0.15, 0.2) is 24.3 Å². The highest BCUT2D eigenvalue weighted by Gasteiger charge is 2.30. The van der Waals surface area contributed by atoms with Gasteiger partial charge in [-0.3, -0.25) is 9.69 Å². The van der Waals surface area contributed by atoms with Crippen molar-refractivity contribution < 1.29 is 14.3 Å². The fourth-order valence-electron chi connectivity index (χ4n) is 3.39. The third-order valence-corrected chi connectivity index (χ3v) is 4.97. The number of piperazine rings is 1. The maximum atomic E-state index is 12.5. The average molecular weight is 333 g/mol. The van der Waals surface area contributed by atoms with Crippen LogP contribution in [0.1, 0.15) is 18.5 Å². The van der Waals surface area contributed by atoms with Crippen LogP contribution in [-0.2, 0) is 9.53 Å². The van der Waals surface area contributed by atoms with Gasteiger partial charge in [0.25, 0.3) is 0 Å². The van der Waals surface area contributed by atoms with Crippen molar-refractivity contribution in [1.82, 2.24) is 15.1 Å². The molecule has 0 aliphatic carbocycles. The molecule has 1 aromatic rings. The van der Waals surface area contributed by atoms with Crippen LogP contribution in [0.5, 0.6) is 5.75 Å². The van der Waals surface area contributed by atoms with E-state index in [1.165, 1.54) is 5.56 Å². The van der Waals surface area contributed by atoms with Crippen LogP contribution >= 0.6 is 0 Å². The number of hydrogen-bond acceptors (Lipinski definition) is 5. The zero-order valence-corrected chi connectivity index (χ0v) is 14.5. The number of nitrogens with zero attached hydrogens (tertiary/aromatic N) is 2. The van der Waals surface area contributed by atoms with E-state index in [4.69, 9.17) is 9.47 Å². The Kier molecular flexibility index (Phi) is 5.71. The zero-order chi connectivity index (χ0) is 16.9. The summed E-state index contributed by atoms with van der Waals surface area (Å²) in [6.45, 7) is 7.45. The minimum Gasteiger partial charge on any atom is -0.497 e. The molecule has 0 radical (unpaired) electrons. The number of morpholine rings is 1. The van der Waals surface area contributed by atoms with Crippen molar-refractivity contribution in [3.63, 3.8) is 0 Å². The minimum absolute atomic E-state index is 0.170. The number of amides is 1. The molecule has 1 N–H and O–H groups in total. The maximum absolute atomic E-state index is 12.5. The summed E-state index contributed by atoms with van der Waals surface area (Å²) >= 11 is 0. The molecule has 6 heteroatoms. The van der Waals surface area contributed by atoms with E-state index in [0.717, 1.165) is 38.5 Å². The van der Waals surface area contributed by atoms with Crippen LogP contribution in [0, 0.1) is 0 Å². The van der Waals surface area contributed by atoms with Crippen LogP contribution in [0.4, 0.5) is 0 Å². The molecule has 2 aliphatic heterocycles. The van der Waals surface area contributed by atoms with Crippen LogP contribution in [0.25, 0.3) is 0 Å². The van der Waals surface area contributed by atoms with E-state index in [-0.39, 0.29) is 11.9 Å². The van der Waals surface area contributed by atoms with Gasteiger partial charge in [0.1, 0.15) is 11.8 Å². The molecule has 2 aliphatic rings. The van der Waals surface area contributed by atoms with Crippen molar-refractivity contribution in [2.75, 3.05) is 53.0 Å². The van der Waals surface area contributed by atoms with E-state index < -0.39 is 0 Å². The van der Waals surface area contributed by atoms with Crippen molar-refractivity contribution in [2.45, 2.75) is 19.0 Å². The maximum Gasteiger partial charge on any atom is 0.242 e. The Balaban J connectivity index is 1.55. The largest absolute Gasteiger partial charge is 0.497 e. The molecule has 24 heavy (non-hydrogen) atoms. The van der Waals surface area contributed by atoms with Gasteiger partial charge in [-0.2, -0.15) is 0 Å². The monoisotopic (exact) mass is 333 g/mol. The first-order valence-electron chi connectivity index (χ1n) is 8.67. The minimum atomic E-state index is -0.180. The second-order valence-electron chi connectivity index (χ2n) is 6.40. The number of rotatable bonds is 4. The van der Waals surface area contributed by atoms with E-state index >= 15 is 0 Å².